The van der Waals surface area contributed by atoms with E-state index in [0.717, 1.165) is 14.7 Å². The summed E-state index contributed by atoms with van der Waals surface area (Å²) in [7, 11) is -0.566. The van der Waals surface area contributed by atoms with Crippen LogP contribution >= 0.6 is 11.3 Å². The number of ether oxygens (including phenoxy) is 1. The Hall–Kier alpha value is -2.68. The summed E-state index contributed by atoms with van der Waals surface area (Å²) in [5.41, 5.74) is 1.51. The van der Waals surface area contributed by atoms with Crippen LogP contribution in [0, 0.1) is 0 Å². The smallest absolute Gasteiger partial charge is 0.269 e. The predicted octanol–water partition coefficient (Wildman–Crippen LogP) is 4.32. The zero-order chi connectivity index (χ0) is 21.0. The van der Waals surface area contributed by atoms with Crippen molar-refractivity contribution in [1.29, 1.82) is 0 Å². The highest BCUT2D eigenvalue weighted by Gasteiger charge is 2.20. The normalized spacial score (nSPS) is 11.4. The molecule has 3 aromatic rings. The van der Waals surface area contributed by atoms with E-state index in [0.29, 0.717) is 22.9 Å². The van der Waals surface area contributed by atoms with Gasteiger partial charge in [0.1, 0.15) is 10.6 Å². The van der Waals surface area contributed by atoms with E-state index in [1.807, 2.05) is 43.3 Å². The van der Waals surface area contributed by atoms with Crippen molar-refractivity contribution in [3.8, 4) is 16.2 Å². The minimum atomic E-state index is -3.51. The van der Waals surface area contributed by atoms with Crippen LogP contribution in [0.5, 0.6) is 5.75 Å². The molecule has 1 heterocycles. The first-order valence-corrected chi connectivity index (χ1v) is 11.2. The number of hydrogen-bond donors (Lipinski definition) is 1. The van der Waals surface area contributed by atoms with Crippen molar-refractivity contribution in [3.63, 3.8) is 0 Å². The molecule has 0 aliphatic carbocycles. The predicted molar refractivity (Wildman–Crippen MR) is 116 cm³/mol. The van der Waals surface area contributed by atoms with Gasteiger partial charge in [0.25, 0.3) is 5.91 Å². The molecule has 8 heteroatoms. The first-order chi connectivity index (χ1) is 13.8. The van der Waals surface area contributed by atoms with E-state index >= 15 is 0 Å². The van der Waals surface area contributed by atoms with Gasteiger partial charge in [-0.25, -0.2) is 12.7 Å². The molecule has 2 aromatic carbocycles. The number of carbonyl (C=O) groups is 1. The molecule has 0 aliphatic rings. The van der Waals surface area contributed by atoms with Gasteiger partial charge in [-0.15, -0.1) is 11.3 Å². The molecule has 0 saturated carbocycles. The third kappa shape index (κ3) is 4.67. The van der Waals surface area contributed by atoms with Crippen LogP contribution in [-0.2, 0) is 10.0 Å². The van der Waals surface area contributed by atoms with Gasteiger partial charge >= 0.3 is 0 Å². The molecule has 0 aliphatic heterocycles. The second-order valence-corrected chi connectivity index (χ2v) is 9.57. The monoisotopic (exact) mass is 430 g/mol. The summed E-state index contributed by atoms with van der Waals surface area (Å²) in [5.74, 6) is 0.226. The molecule has 1 N–H and O–H groups in total. The molecular formula is C21H22N2O4S2. The standard InChI is InChI=1S/C21H22N2O4S2/c1-4-27-18-14-19(15-8-6-5-7-9-15)28-20(18)21(24)22-16-10-12-17(13-11-16)29(25,26)23(2)3/h5-14H,4H2,1-3H3,(H,22,24). The summed E-state index contributed by atoms with van der Waals surface area (Å²) >= 11 is 1.35. The van der Waals surface area contributed by atoms with Gasteiger partial charge in [-0.3, -0.25) is 4.79 Å². The summed E-state index contributed by atoms with van der Waals surface area (Å²) < 4.78 is 31.1. The summed E-state index contributed by atoms with van der Waals surface area (Å²) in [6, 6.07) is 17.7. The Balaban J connectivity index is 1.84. The van der Waals surface area contributed by atoms with Crippen LogP contribution in [0.2, 0.25) is 0 Å². The van der Waals surface area contributed by atoms with Crippen LogP contribution < -0.4 is 10.1 Å². The molecule has 0 atom stereocenters. The number of nitrogens with zero attached hydrogens (tertiary/aromatic N) is 1. The Labute approximate surface area is 174 Å². The maximum atomic E-state index is 12.8. The Morgan fingerprint density at radius 1 is 1.07 bits per heavy atom. The molecule has 1 aromatic heterocycles. The van der Waals surface area contributed by atoms with Gasteiger partial charge in [-0.05, 0) is 42.8 Å². The highest BCUT2D eigenvalue weighted by Crippen LogP contribution is 2.36. The molecule has 29 heavy (non-hydrogen) atoms. The summed E-state index contributed by atoms with van der Waals surface area (Å²) in [6.07, 6.45) is 0. The largest absolute Gasteiger partial charge is 0.492 e. The van der Waals surface area contributed by atoms with Gasteiger partial charge in [0.15, 0.2) is 0 Å². The van der Waals surface area contributed by atoms with Crippen molar-refractivity contribution in [2.24, 2.45) is 0 Å². The molecule has 6 nitrogen and oxygen atoms in total. The fourth-order valence-electron chi connectivity index (χ4n) is 2.65. The van der Waals surface area contributed by atoms with E-state index < -0.39 is 10.0 Å². The van der Waals surface area contributed by atoms with Gasteiger partial charge in [-0.1, -0.05) is 30.3 Å². The van der Waals surface area contributed by atoms with E-state index in [9.17, 15) is 13.2 Å². The molecule has 0 spiro atoms. The van der Waals surface area contributed by atoms with Crippen molar-refractivity contribution in [2.45, 2.75) is 11.8 Å². The zero-order valence-electron chi connectivity index (χ0n) is 16.4. The van der Waals surface area contributed by atoms with Crippen LogP contribution in [0.1, 0.15) is 16.6 Å². The molecule has 152 valence electrons. The quantitative estimate of drug-likeness (QED) is 0.606. The van der Waals surface area contributed by atoms with Crippen molar-refractivity contribution in [2.75, 3.05) is 26.0 Å². The Morgan fingerprint density at radius 3 is 2.31 bits per heavy atom. The van der Waals surface area contributed by atoms with Crippen molar-refractivity contribution in [3.05, 3.63) is 65.5 Å². The van der Waals surface area contributed by atoms with Crippen molar-refractivity contribution >= 4 is 33.0 Å². The maximum Gasteiger partial charge on any atom is 0.269 e. The van der Waals surface area contributed by atoms with Gasteiger partial charge < -0.3 is 10.1 Å². The number of thiophene rings is 1. The third-order valence-corrected chi connectivity index (χ3v) is 7.15. The van der Waals surface area contributed by atoms with Crippen LogP contribution in [0.3, 0.4) is 0 Å². The van der Waals surface area contributed by atoms with Gasteiger partial charge in [0, 0.05) is 24.7 Å². The number of benzene rings is 2. The molecule has 0 unspecified atom stereocenters. The Morgan fingerprint density at radius 2 is 1.72 bits per heavy atom. The lowest BCUT2D eigenvalue weighted by atomic mass is 10.2. The fraction of sp³-hybridized carbons (Fsp3) is 0.190. The van der Waals surface area contributed by atoms with Gasteiger partial charge in [0.2, 0.25) is 10.0 Å². The van der Waals surface area contributed by atoms with Crippen molar-refractivity contribution in [1.82, 2.24) is 4.31 Å². The molecular weight excluding hydrogens is 408 g/mol. The molecule has 0 saturated heterocycles. The van der Waals surface area contributed by atoms with E-state index in [1.54, 1.807) is 12.1 Å². The van der Waals surface area contributed by atoms with Crippen molar-refractivity contribution < 1.29 is 17.9 Å². The maximum absolute atomic E-state index is 12.8. The van der Waals surface area contributed by atoms with E-state index in [4.69, 9.17) is 4.74 Å². The molecule has 0 radical (unpaired) electrons. The number of sulfonamides is 1. The number of rotatable bonds is 7. The summed E-state index contributed by atoms with van der Waals surface area (Å²) in [4.78, 5) is 14.4. The molecule has 1 amide bonds. The summed E-state index contributed by atoms with van der Waals surface area (Å²) in [6.45, 7) is 2.31. The SMILES string of the molecule is CCOc1cc(-c2ccccc2)sc1C(=O)Nc1ccc(S(=O)(=O)N(C)C)cc1. The van der Waals surface area contributed by atoms with Crippen LogP contribution in [0.25, 0.3) is 10.4 Å². The molecule has 3 rings (SSSR count). The lowest BCUT2D eigenvalue weighted by Crippen LogP contribution is -2.22. The number of hydrogen-bond acceptors (Lipinski definition) is 5. The molecule has 0 fully saturated rings. The zero-order valence-corrected chi connectivity index (χ0v) is 18.0. The number of nitrogens with one attached hydrogen (secondary N) is 1. The van der Waals surface area contributed by atoms with E-state index in [2.05, 4.69) is 5.32 Å². The highest BCUT2D eigenvalue weighted by molar-refractivity contribution is 7.89. The van der Waals surface area contributed by atoms with Gasteiger partial charge in [-0.2, -0.15) is 0 Å². The van der Waals surface area contributed by atoms with Crippen LogP contribution in [0.4, 0.5) is 5.69 Å². The topological polar surface area (TPSA) is 75.7 Å². The summed E-state index contributed by atoms with van der Waals surface area (Å²) in [5, 5.41) is 2.81. The first-order valence-electron chi connectivity index (χ1n) is 8.99. The fourth-order valence-corrected chi connectivity index (χ4v) is 4.55. The van der Waals surface area contributed by atoms with Crippen LogP contribution in [-0.4, -0.2) is 39.3 Å². The second-order valence-electron chi connectivity index (χ2n) is 6.37. The highest BCUT2D eigenvalue weighted by atomic mass is 32.2. The Kier molecular flexibility index (Phi) is 6.36. The third-order valence-electron chi connectivity index (χ3n) is 4.15. The second kappa shape index (κ2) is 8.77. The van der Waals surface area contributed by atoms with Crippen LogP contribution in [0.15, 0.2) is 65.6 Å². The number of amides is 1. The Bertz CT molecular complexity index is 1090. The molecule has 0 bridgehead atoms. The minimum Gasteiger partial charge on any atom is -0.492 e. The minimum absolute atomic E-state index is 0.165. The lowest BCUT2D eigenvalue weighted by Gasteiger charge is -2.12. The average Bonchev–Trinajstić information content (AvgIpc) is 3.13. The average molecular weight is 431 g/mol. The number of anilines is 1. The first kappa shape index (κ1) is 21.0. The van der Waals surface area contributed by atoms with Gasteiger partial charge in [0.05, 0.1) is 11.5 Å². The lowest BCUT2D eigenvalue weighted by molar-refractivity contribution is 0.102. The van der Waals surface area contributed by atoms with E-state index in [-0.39, 0.29) is 10.8 Å². The van der Waals surface area contributed by atoms with E-state index in [1.165, 1.54) is 37.6 Å². The number of carbonyl (C=O) groups excluding carboxylic acids is 1.